The van der Waals surface area contributed by atoms with E-state index < -0.39 is 34.8 Å². The van der Waals surface area contributed by atoms with Crippen LogP contribution in [0.25, 0.3) is 0 Å². The number of ketones is 1. The lowest BCUT2D eigenvalue weighted by molar-refractivity contribution is -0.203. The van der Waals surface area contributed by atoms with Crippen molar-refractivity contribution in [3.63, 3.8) is 0 Å². The third-order valence-electron chi connectivity index (χ3n) is 7.90. The number of cyclic esters (lactones) is 1. The van der Waals surface area contributed by atoms with E-state index in [-0.39, 0.29) is 23.6 Å². The Labute approximate surface area is 170 Å². The molecule has 0 amide bonds. The van der Waals surface area contributed by atoms with Crippen molar-refractivity contribution in [2.24, 2.45) is 28.6 Å². The van der Waals surface area contributed by atoms with Crippen molar-refractivity contribution in [2.75, 3.05) is 14.2 Å². The van der Waals surface area contributed by atoms with Crippen molar-refractivity contribution in [1.29, 1.82) is 0 Å². The summed E-state index contributed by atoms with van der Waals surface area (Å²) in [6.07, 6.45) is 4.85. The minimum Gasteiger partial charge on any atom is -0.472 e. The van der Waals surface area contributed by atoms with Gasteiger partial charge in [-0.2, -0.15) is 0 Å². The quantitative estimate of drug-likeness (QED) is 0.775. The monoisotopic (exact) mass is 403 g/mol. The lowest BCUT2D eigenvalue weighted by atomic mass is 9.43. The van der Waals surface area contributed by atoms with Gasteiger partial charge in [0.05, 0.1) is 37.5 Å². The van der Waals surface area contributed by atoms with Gasteiger partial charge in [0.2, 0.25) is 0 Å². The van der Waals surface area contributed by atoms with Crippen molar-refractivity contribution < 1.29 is 28.3 Å². The number of likely N-dealkylation sites (N-methyl/N-ethyl adjacent to an activating group) is 1. The highest BCUT2D eigenvalue weighted by Gasteiger charge is 2.67. The molecule has 7 nitrogen and oxygen atoms in total. The molecule has 1 aromatic heterocycles. The fourth-order valence-electron chi connectivity index (χ4n) is 6.45. The van der Waals surface area contributed by atoms with Gasteiger partial charge in [0, 0.05) is 11.5 Å². The lowest BCUT2D eigenvalue weighted by Crippen LogP contribution is -2.65. The largest absolute Gasteiger partial charge is 0.472 e. The standard InChI is InChI=1S/C22H29NO6/c1-21-7-5-13-20(26)29-16(12-6-8-28-11-12)10-22(13,2)18(21)17(24)15(23-3)9-14(21)19(25)27-4/h6,8,11,13-16,18,23H,5,7,9-10H2,1-4H3/t13-,14-,15+,16-,18-,21-,22-/m0/s1. The molecule has 0 bridgehead atoms. The van der Waals surface area contributed by atoms with Crippen LogP contribution in [-0.2, 0) is 23.9 Å². The SMILES string of the molecule is CN[C@@H]1C[C@@H](C(=O)OC)[C@]2(C)CC[C@H]3C(=O)O[C@H](c4ccoc4)C[C@]3(C)[C@H]2C1=O. The number of nitrogens with one attached hydrogen (secondary N) is 1. The third kappa shape index (κ3) is 2.85. The number of hydrogen-bond acceptors (Lipinski definition) is 7. The zero-order valence-corrected chi connectivity index (χ0v) is 17.4. The molecule has 0 unspecified atom stereocenters. The van der Waals surface area contributed by atoms with Crippen LogP contribution in [0.2, 0.25) is 0 Å². The van der Waals surface area contributed by atoms with Crippen LogP contribution in [0.1, 0.15) is 51.2 Å². The molecular formula is C22H29NO6. The molecule has 0 radical (unpaired) electrons. The molecule has 158 valence electrons. The van der Waals surface area contributed by atoms with Crippen LogP contribution in [0.4, 0.5) is 0 Å². The molecule has 1 aliphatic heterocycles. The van der Waals surface area contributed by atoms with Crippen molar-refractivity contribution in [3.05, 3.63) is 24.2 Å². The maximum atomic E-state index is 13.6. The van der Waals surface area contributed by atoms with Crippen molar-refractivity contribution in [2.45, 2.75) is 51.7 Å². The molecule has 0 aromatic carbocycles. The Bertz CT molecular complexity index is 819. The first-order valence-corrected chi connectivity index (χ1v) is 10.3. The molecule has 3 aliphatic rings. The first-order valence-electron chi connectivity index (χ1n) is 10.3. The van der Waals surface area contributed by atoms with E-state index in [0.717, 1.165) is 5.56 Å². The lowest BCUT2D eigenvalue weighted by Gasteiger charge is -2.61. The number of furan rings is 1. The summed E-state index contributed by atoms with van der Waals surface area (Å²) in [5, 5.41) is 3.09. The highest BCUT2D eigenvalue weighted by atomic mass is 16.5. The van der Waals surface area contributed by atoms with Gasteiger partial charge in [0.15, 0.2) is 5.78 Å². The minimum absolute atomic E-state index is 0.0861. The summed E-state index contributed by atoms with van der Waals surface area (Å²) in [5.41, 5.74) is -0.368. The highest BCUT2D eigenvalue weighted by Crippen LogP contribution is 2.64. The van der Waals surface area contributed by atoms with Crippen molar-refractivity contribution in [1.82, 2.24) is 5.32 Å². The number of hydrogen-bond donors (Lipinski definition) is 1. The van der Waals surface area contributed by atoms with E-state index >= 15 is 0 Å². The highest BCUT2D eigenvalue weighted by molar-refractivity contribution is 5.92. The summed E-state index contributed by atoms with van der Waals surface area (Å²) in [7, 11) is 3.14. The molecule has 0 spiro atoms. The second kappa shape index (κ2) is 6.97. The summed E-state index contributed by atoms with van der Waals surface area (Å²) >= 11 is 0. The van der Waals surface area contributed by atoms with Gasteiger partial charge in [-0.15, -0.1) is 0 Å². The smallest absolute Gasteiger partial charge is 0.310 e. The van der Waals surface area contributed by atoms with Gasteiger partial charge in [-0.25, -0.2) is 0 Å². The van der Waals surface area contributed by atoms with Crippen LogP contribution in [0.15, 0.2) is 23.0 Å². The topological polar surface area (TPSA) is 94.8 Å². The number of carbonyl (C=O) groups is 3. The second-order valence-electron chi connectivity index (χ2n) is 9.28. The Morgan fingerprint density at radius 3 is 2.66 bits per heavy atom. The number of rotatable bonds is 3. The van der Waals surface area contributed by atoms with E-state index in [1.165, 1.54) is 7.11 Å². The summed E-state index contributed by atoms with van der Waals surface area (Å²) in [5.74, 6) is -1.65. The van der Waals surface area contributed by atoms with Gasteiger partial charge in [-0.1, -0.05) is 13.8 Å². The molecular weight excluding hydrogens is 374 g/mol. The predicted molar refractivity (Wildman–Crippen MR) is 103 cm³/mol. The van der Waals surface area contributed by atoms with Gasteiger partial charge in [0.25, 0.3) is 0 Å². The molecule has 1 aromatic rings. The van der Waals surface area contributed by atoms with Crippen LogP contribution < -0.4 is 5.32 Å². The summed E-state index contributed by atoms with van der Waals surface area (Å²) in [6, 6.07) is 1.36. The van der Waals surface area contributed by atoms with Gasteiger partial charge >= 0.3 is 11.9 Å². The maximum absolute atomic E-state index is 13.6. The molecule has 4 rings (SSSR count). The van der Waals surface area contributed by atoms with Gasteiger partial charge < -0.3 is 19.2 Å². The normalized spacial score (nSPS) is 41.9. The molecule has 7 heteroatoms. The Balaban J connectivity index is 1.79. The molecule has 7 atom stereocenters. The number of Topliss-reactive ketones (excluding diaryl/α,β-unsaturated/α-hetero) is 1. The molecule has 3 fully saturated rings. The van der Waals surface area contributed by atoms with E-state index in [0.29, 0.717) is 25.7 Å². The predicted octanol–water partition coefficient (Wildman–Crippen LogP) is 2.66. The Kier molecular flexibility index (Phi) is 4.84. The van der Waals surface area contributed by atoms with E-state index in [1.807, 2.05) is 13.8 Å². The van der Waals surface area contributed by atoms with Gasteiger partial charge in [-0.05, 0) is 49.6 Å². The Morgan fingerprint density at radius 2 is 2.03 bits per heavy atom. The fourth-order valence-corrected chi connectivity index (χ4v) is 6.45. The summed E-state index contributed by atoms with van der Waals surface area (Å²) in [6.45, 7) is 4.05. The van der Waals surface area contributed by atoms with Crippen molar-refractivity contribution >= 4 is 17.7 Å². The van der Waals surface area contributed by atoms with Crippen LogP contribution in [0.5, 0.6) is 0 Å². The minimum atomic E-state index is -0.608. The molecule has 1 saturated heterocycles. The van der Waals surface area contributed by atoms with Crippen LogP contribution in [0.3, 0.4) is 0 Å². The number of carbonyl (C=O) groups excluding carboxylic acids is 3. The third-order valence-corrected chi connectivity index (χ3v) is 7.90. The number of ether oxygens (including phenoxy) is 2. The maximum Gasteiger partial charge on any atom is 0.310 e. The van der Waals surface area contributed by atoms with Gasteiger partial charge in [-0.3, -0.25) is 14.4 Å². The molecule has 2 aliphatic carbocycles. The van der Waals surface area contributed by atoms with E-state index in [9.17, 15) is 14.4 Å². The van der Waals surface area contributed by atoms with Crippen molar-refractivity contribution in [3.8, 4) is 0 Å². The van der Waals surface area contributed by atoms with E-state index in [2.05, 4.69) is 5.32 Å². The molecule has 2 saturated carbocycles. The van der Waals surface area contributed by atoms with Crippen LogP contribution in [0, 0.1) is 28.6 Å². The Hall–Kier alpha value is -2.15. The molecule has 2 heterocycles. The van der Waals surface area contributed by atoms with E-state index in [4.69, 9.17) is 13.9 Å². The Morgan fingerprint density at radius 1 is 1.28 bits per heavy atom. The average molecular weight is 403 g/mol. The molecule has 1 N–H and O–H groups in total. The fraction of sp³-hybridized carbons (Fsp3) is 0.682. The summed E-state index contributed by atoms with van der Waals surface area (Å²) in [4.78, 5) is 39.3. The summed E-state index contributed by atoms with van der Waals surface area (Å²) < 4.78 is 16.1. The first kappa shape index (κ1) is 20.1. The van der Waals surface area contributed by atoms with Crippen LogP contribution >= 0.6 is 0 Å². The number of fused-ring (bicyclic) bond motifs is 3. The molecule has 29 heavy (non-hydrogen) atoms. The zero-order valence-electron chi connectivity index (χ0n) is 17.4. The van der Waals surface area contributed by atoms with E-state index in [1.54, 1.807) is 25.6 Å². The number of esters is 2. The number of methoxy groups -OCH3 is 1. The van der Waals surface area contributed by atoms with Crippen LogP contribution in [-0.4, -0.2) is 37.9 Å². The zero-order chi connectivity index (χ0) is 21.0. The first-order chi connectivity index (χ1) is 13.8. The average Bonchev–Trinajstić information content (AvgIpc) is 3.21. The second-order valence-corrected chi connectivity index (χ2v) is 9.28. The van der Waals surface area contributed by atoms with Gasteiger partial charge in [0.1, 0.15) is 6.10 Å².